The maximum Gasteiger partial charge on any atom is 0.323 e. The highest BCUT2D eigenvalue weighted by Crippen LogP contribution is 2.24. The zero-order valence-electron chi connectivity index (χ0n) is 13.7. The number of benzene rings is 1. The molecule has 0 aliphatic carbocycles. The van der Waals surface area contributed by atoms with Gasteiger partial charge < -0.3 is 14.8 Å². The number of nitrogens with one attached hydrogen (secondary N) is 1. The van der Waals surface area contributed by atoms with Gasteiger partial charge in [0, 0.05) is 6.42 Å². The summed E-state index contributed by atoms with van der Waals surface area (Å²) in [6.07, 6.45) is 0.580. The van der Waals surface area contributed by atoms with Gasteiger partial charge in [0.1, 0.15) is 11.8 Å². The minimum Gasteiger partial charge on any atom is -0.494 e. The van der Waals surface area contributed by atoms with Crippen LogP contribution >= 0.6 is 0 Å². The van der Waals surface area contributed by atoms with E-state index >= 15 is 0 Å². The van der Waals surface area contributed by atoms with E-state index in [2.05, 4.69) is 38.2 Å². The third-order valence-electron chi connectivity index (χ3n) is 3.32. The van der Waals surface area contributed by atoms with Crippen molar-refractivity contribution in [3.8, 4) is 5.75 Å². The van der Waals surface area contributed by atoms with Crippen molar-refractivity contribution in [3.63, 3.8) is 0 Å². The van der Waals surface area contributed by atoms with Gasteiger partial charge in [-0.2, -0.15) is 0 Å². The average Bonchev–Trinajstić information content (AvgIpc) is 2.43. The van der Waals surface area contributed by atoms with Crippen LogP contribution in [0.25, 0.3) is 0 Å². The second kappa shape index (κ2) is 8.03. The second-order valence-corrected chi connectivity index (χ2v) is 6.00. The first-order valence-electron chi connectivity index (χ1n) is 7.45. The lowest BCUT2D eigenvalue weighted by molar-refractivity contribution is -0.145. The van der Waals surface area contributed by atoms with Gasteiger partial charge in [0.25, 0.3) is 0 Å². The van der Waals surface area contributed by atoms with Crippen LogP contribution < -0.4 is 10.1 Å². The molecule has 0 heterocycles. The van der Waals surface area contributed by atoms with Gasteiger partial charge in [0.2, 0.25) is 0 Å². The van der Waals surface area contributed by atoms with Crippen molar-refractivity contribution in [2.75, 3.05) is 20.3 Å². The van der Waals surface area contributed by atoms with Gasteiger partial charge >= 0.3 is 5.97 Å². The van der Waals surface area contributed by atoms with Crippen LogP contribution in [0.1, 0.15) is 39.7 Å². The predicted octanol–water partition coefficient (Wildman–Crippen LogP) is 2.90. The predicted molar refractivity (Wildman–Crippen MR) is 84.7 cm³/mol. The average molecular weight is 293 g/mol. The molecule has 0 fully saturated rings. The number of hydrogen-bond donors (Lipinski definition) is 1. The maximum absolute atomic E-state index is 11.6. The summed E-state index contributed by atoms with van der Waals surface area (Å²) in [5.74, 6) is 0.591. The highest BCUT2D eigenvalue weighted by Gasteiger charge is 2.17. The van der Waals surface area contributed by atoms with E-state index in [0.29, 0.717) is 19.6 Å². The highest BCUT2D eigenvalue weighted by atomic mass is 16.5. The van der Waals surface area contributed by atoms with Crippen LogP contribution in [0.3, 0.4) is 0 Å². The first-order chi connectivity index (χ1) is 9.88. The lowest BCUT2D eigenvalue weighted by Crippen LogP contribution is -2.36. The zero-order chi connectivity index (χ0) is 15.9. The van der Waals surface area contributed by atoms with E-state index in [-0.39, 0.29) is 17.4 Å². The summed E-state index contributed by atoms with van der Waals surface area (Å²) in [6.45, 7) is 9.21. The lowest BCUT2D eigenvalue weighted by Gasteiger charge is -2.19. The summed E-state index contributed by atoms with van der Waals surface area (Å²) in [5.41, 5.74) is 1.41. The molecular weight excluding hydrogens is 266 g/mol. The molecule has 118 valence electrons. The van der Waals surface area contributed by atoms with Gasteiger partial charge in [0.15, 0.2) is 0 Å². The molecule has 1 aromatic carbocycles. The largest absolute Gasteiger partial charge is 0.494 e. The minimum absolute atomic E-state index is 0.139. The van der Waals surface area contributed by atoms with Gasteiger partial charge in [-0.05, 0) is 37.1 Å². The van der Waals surface area contributed by atoms with Crippen molar-refractivity contribution in [1.82, 2.24) is 5.32 Å². The van der Waals surface area contributed by atoms with E-state index in [1.54, 1.807) is 14.0 Å². The van der Waals surface area contributed by atoms with Gasteiger partial charge in [-0.15, -0.1) is 0 Å². The van der Waals surface area contributed by atoms with E-state index in [9.17, 15) is 4.79 Å². The third kappa shape index (κ3) is 5.76. The van der Waals surface area contributed by atoms with Crippen LogP contribution in [0.2, 0.25) is 0 Å². The highest BCUT2D eigenvalue weighted by molar-refractivity contribution is 5.75. The molecule has 1 rings (SSSR count). The smallest absolute Gasteiger partial charge is 0.323 e. The molecule has 4 heteroatoms. The number of likely N-dealkylation sites (N-methyl/N-ethyl adjacent to an activating group) is 1. The fourth-order valence-corrected chi connectivity index (χ4v) is 1.97. The summed E-state index contributed by atoms with van der Waals surface area (Å²) in [7, 11) is 1.75. The number of esters is 1. The Balaban J connectivity index is 2.46. The molecule has 0 bridgehead atoms. The Bertz CT molecular complexity index is 434. The fourth-order valence-electron chi connectivity index (χ4n) is 1.97. The number of rotatable bonds is 7. The molecule has 1 aromatic rings. The topological polar surface area (TPSA) is 47.6 Å². The number of carbonyl (C=O) groups excluding carboxylic acids is 1. The molecule has 0 aromatic heterocycles. The monoisotopic (exact) mass is 293 g/mol. The Labute approximate surface area is 127 Å². The first-order valence-corrected chi connectivity index (χ1v) is 7.45. The summed E-state index contributed by atoms with van der Waals surface area (Å²) >= 11 is 0. The molecule has 0 aliphatic heterocycles. The Morgan fingerprint density at radius 1 is 1.24 bits per heavy atom. The molecule has 1 atom stereocenters. The number of ether oxygens (including phenoxy) is 2. The Morgan fingerprint density at radius 3 is 2.33 bits per heavy atom. The van der Waals surface area contributed by atoms with Crippen molar-refractivity contribution in [1.29, 1.82) is 0 Å². The maximum atomic E-state index is 11.6. The molecule has 0 amide bonds. The minimum atomic E-state index is -0.321. The zero-order valence-corrected chi connectivity index (χ0v) is 13.7. The van der Waals surface area contributed by atoms with Crippen molar-refractivity contribution in [3.05, 3.63) is 29.8 Å². The molecule has 1 unspecified atom stereocenters. The van der Waals surface area contributed by atoms with Crippen LogP contribution in [0.5, 0.6) is 5.75 Å². The Kier molecular flexibility index (Phi) is 6.69. The molecule has 1 N–H and O–H groups in total. The van der Waals surface area contributed by atoms with Crippen LogP contribution in [-0.2, 0) is 14.9 Å². The van der Waals surface area contributed by atoms with E-state index in [1.807, 2.05) is 12.1 Å². The number of hydrogen-bond acceptors (Lipinski definition) is 4. The standard InChI is InChI=1S/C17H27NO3/c1-6-20-16(19)15(18-5)11-12-21-14-9-7-13(8-10-14)17(2,3)4/h7-10,15,18H,6,11-12H2,1-5H3. The number of carbonyl (C=O) groups is 1. The summed E-state index contributed by atoms with van der Waals surface area (Å²) in [4.78, 5) is 11.6. The van der Waals surface area contributed by atoms with Gasteiger partial charge in [-0.3, -0.25) is 4.79 Å². The third-order valence-corrected chi connectivity index (χ3v) is 3.32. The summed E-state index contributed by atoms with van der Waals surface area (Å²) in [5, 5.41) is 2.95. The summed E-state index contributed by atoms with van der Waals surface area (Å²) < 4.78 is 10.7. The quantitative estimate of drug-likeness (QED) is 0.785. The second-order valence-electron chi connectivity index (χ2n) is 6.00. The SMILES string of the molecule is CCOC(=O)C(CCOc1ccc(C(C)(C)C)cc1)NC. The van der Waals surface area contributed by atoms with Gasteiger partial charge in [-0.1, -0.05) is 32.9 Å². The molecule has 0 radical (unpaired) electrons. The van der Waals surface area contributed by atoms with E-state index in [1.165, 1.54) is 5.56 Å². The fraction of sp³-hybridized carbons (Fsp3) is 0.588. The Hall–Kier alpha value is -1.55. The van der Waals surface area contributed by atoms with Crippen molar-refractivity contribution in [2.45, 2.75) is 45.6 Å². The molecule has 0 saturated carbocycles. The molecule has 0 aliphatic rings. The van der Waals surface area contributed by atoms with Gasteiger partial charge in [-0.25, -0.2) is 0 Å². The summed E-state index contributed by atoms with van der Waals surface area (Å²) in [6, 6.07) is 7.78. The molecule has 21 heavy (non-hydrogen) atoms. The van der Waals surface area contributed by atoms with Crippen molar-refractivity contribution in [2.24, 2.45) is 0 Å². The van der Waals surface area contributed by atoms with Crippen molar-refractivity contribution < 1.29 is 14.3 Å². The van der Waals surface area contributed by atoms with Crippen LogP contribution in [0.4, 0.5) is 0 Å². The lowest BCUT2D eigenvalue weighted by atomic mass is 9.87. The van der Waals surface area contributed by atoms with Gasteiger partial charge in [0.05, 0.1) is 13.2 Å². The first kappa shape index (κ1) is 17.5. The van der Waals surface area contributed by atoms with E-state index in [0.717, 1.165) is 5.75 Å². The molecular formula is C17H27NO3. The van der Waals surface area contributed by atoms with E-state index < -0.39 is 0 Å². The molecule has 0 spiro atoms. The molecule has 0 saturated heterocycles. The molecule has 4 nitrogen and oxygen atoms in total. The van der Waals surface area contributed by atoms with Crippen LogP contribution in [-0.4, -0.2) is 32.3 Å². The van der Waals surface area contributed by atoms with Crippen molar-refractivity contribution >= 4 is 5.97 Å². The van der Waals surface area contributed by atoms with Crippen LogP contribution in [0, 0.1) is 0 Å². The van der Waals surface area contributed by atoms with Crippen LogP contribution in [0.15, 0.2) is 24.3 Å². The Morgan fingerprint density at radius 2 is 1.86 bits per heavy atom. The van der Waals surface area contributed by atoms with E-state index in [4.69, 9.17) is 9.47 Å². The normalized spacial score (nSPS) is 12.8.